The SMILES string of the molecule is Cn1nc(CS(=O)(=O)Cc2conc2C(F)(F)F)cc1C(F)(F)F. The molecule has 0 aliphatic rings. The van der Waals surface area contributed by atoms with Crippen molar-refractivity contribution < 1.29 is 39.3 Å². The van der Waals surface area contributed by atoms with Crippen molar-refractivity contribution in [2.24, 2.45) is 7.05 Å². The first-order valence-corrected chi connectivity index (χ1v) is 7.93. The highest BCUT2D eigenvalue weighted by molar-refractivity contribution is 7.89. The van der Waals surface area contributed by atoms with Crippen LogP contribution < -0.4 is 0 Å². The van der Waals surface area contributed by atoms with Crippen LogP contribution in [0.3, 0.4) is 0 Å². The van der Waals surface area contributed by atoms with Crippen molar-refractivity contribution >= 4 is 9.84 Å². The molecule has 0 spiro atoms. The Morgan fingerprint density at radius 3 is 2.25 bits per heavy atom. The van der Waals surface area contributed by atoms with Gasteiger partial charge in [-0.15, -0.1) is 0 Å². The summed E-state index contributed by atoms with van der Waals surface area (Å²) in [5, 5.41) is 6.12. The minimum Gasteiger partial charge on any atom is -0.364 e. The first-order chi connectivity index (χ1) is 10.8. The lowest BCUT2D eigenvalue weighted by Crippen LogP contribution is -2.13. The normalized spacial score (nSPS) is 13.5. The number of nitrogens with zero attached hydrogens (tertiary/aromatic N) is 3. The van der Waals surface area contributed by atoms with E-state index in [0.29, 0.717) is 17.0 Å². The molecule has 0 aliphatic heterocycles. The maximum Gasteiger partial charge on any atom is 0.437 e. The van der Waals surface area contributed by atoms with E-state index in [4.69, 9.17) is 0 Å². The molecule has 13 heteroatoms. The van der Waals surface area contributed by atoms with Crippen molar-refractivity contribution in [3.05, 3.63) is 35.0 Å². The van der Waals surface area contributed by atoms with Gasteiger partial charge in [-0.2, -0.15) is 31.4 Å². The van der Waals surface area contributed by atoms with Crippen LogP contribution in [-0.2, 0) is 40.7 Å². The number of rotatable bonds is 4. The van der Waals surface area contributed by atoms with Crippen molar-refractivity contribution in [3.8, 4) is 0 Å². The van der Waals surface area contributed by atoms with Crippen molar-refractivity contribution in [1.82, 2.24) is 14.9 Å². The minimum atomic E-state index is -4.91. The van der Waals surface area contributed by atoms with Gasteiger partial charge in [0, 0.05) is 12.6 Å². The molecule has 0 aromatic carbocycles. The van der Waals surface area contributed by atoms with Gasteiger partial charge in [0.2, 0.25) is 0 Å². The summed E-state index contributed by atoms with van der Waals surface area (Å²) < 4.78 is 104. The van der Waals surface area contributed by atoms with Crippen LogP contribution in [0.15, 0.2) is 16.9 Å². The molecule has 0 amide bonds. The maximum absolute atomic E-state index is 12.6. The summed E-state index contributed by atoms with van der Waals surface area (Å²) >= 11 is 0. The molecule has 0 unspecified atom stereocenters. The van der Waals surface area contributed by atoms with Gasteiger partial charge in [-0.1, -0.05) is 5.16 Å². The summed E-state index contributed by atoms with van der Waals surface area (Å²) in [5.74, 6) is -2.05. The topological polar surface area (TPSA) is 78.0 Å². The second kappa shape index (κ2) is 5.79. The molecule has 0 radical (unpaired) electrons. The van der Waals surface area contributed by atoms with Crippen LogP contribution in [0.2, 0.25) is 0 Å². The average molecular weight is 377 g/mol. The Balaban J connectivity index is 2.23. The smallest absolute Gasteiger partial charge is 0.364 e. The van der Waals surface area contributed by atoms with E-state index in [1.165, 1.54) is 0 Å². The predicted molar refractivity (Wildman–Crippen MR) is 66.0 cm³/mol. The second-order valence-corrected chi connectivity index (χ2v) is 6.93. The third-order valence-corrected chi connectivity index (χ3v) is 4.36. The largest absolute Gasteiger partial charge is 0.437 e. The molecule has 0 fully saturated rings. The number of aromatic nitrogens is 3. The van der Waals surface area contributed by atoms with Gasteiger partial charge in [0.25, 0.3) is 0 Å². The fourth-order valence-electron chi connectivity index (χ4n) is 1.97. The standard InChI is InChI=1S/C11H9F6N3O3S/c1-20-8(10(12,13)14)2-7(18-20)5-24(21,22)4-6-3-23-19-9(6)11(15,16)17/h2-3H,4-5H2,1H3. The third kappa shape index (κ3) is 4.07. The van der Waals surface area contributed by atoms with Gasteiger partial charge in [0.1, 0.15) is 12.0 Å². The number of hydrogen-bond donors (Lipinski definition) is 0. The second-order valence-electron chi connectivity index (χ2n) is 4.86. The molecule has 134 valence electrons. The van der Waals surface area contributed by atoms with E-state index in [-0.39, 0.29) is 0 Å². The molecule has 24 heavy (non-hydrogen) atoms. The molecule has 0 aliphatic carbocycles. The highest BCUT2D eigenvalue weighted by Gasteiger charge is 2.39. The fourth-order valence-corrected chi connectivity index (χ4v) is 3.34. The average Bonchev–Trinajstić information content (AvgIpc) is 2.93. The molecule has 6 nitrogen and oxygen atoms in total. The van der Waals surface area contributed by atoms with Crippen molar-refractivity contribution in [2.45, 2.75) is 23.9 Å². The molecule has 0 bridgehead atoms. The number of halogens is 6. The van der Waals surface area contributed by atoms with Crippen LogP contribution in [0.1, 0.15) is 22.6 Å². The lowest BCUT2D eigenvalue weighted by atomic mass is 10.3. The Morgan fingerprint density at radius 2 is 1.75 bits per heavy atom. The van der Waals surface area contributed by atoms with Gasteiger partial charge >= 0.3 is 12.4 Å². The molecule has 0 atom stereocenters. The van der Waals surface area contributed by atoms with Gasteiger partial charge in [-0.05, 0) is 6.07 Å². The fraction of sp³-hybridized carbons (Fsp3) is 0.455. The zero-order valence-corrected chi connectivity index (χ0v) is 12.6. The first-order valence-electron chi connectivity index (χ1n) is 6.10. The van der Waals surface area contributed by atoms with E-state index < -0.39 is 56.3 Å². The summed E-state index contributed by atoms with van der Waals surface area (Å²) in [6.07, 6.45) is -9.12. The Bertz CT molecular complexity index is 834. The lowest BCUT2D eigenvalue weighted by Gasteiger charge is -2.05. The third-order valence-electron chi connectivity index (χ3n) is 2.88. The summed E-state index contributed by atoms with van der Waals surface area (Å²) in [7, 11) is -3.26. The molecule has 2 heterocycles. The van der Waals surface area contributed by atoms with Crippen LogP contribution in [0.25, 0.3) is 0 Å². The van der Waals surface area contributed by atoms with E-state index in [1.54, 1.807) is 0 Å². The Morgan fingerprint density at radius 1 is 1.12 bits per heavy atom. The Kier molecular flexibility index (Phi) is 4.41. The first kappa shape index (κ1) is 18.3. The summed E-state index contributed by atoms with van der Waals surface area (Å²) in [6.45, 7) is 0. The monoisotopic (exact) mass is 377 g/mol. The molecular formula is C11H9F6N3O3S. The number of sulfone groups is 1. The van der Waals surface area contributed by atoms with Gasteiger partial charge in [0.05, 0.1) is 17.2 Å². The van der Waals surface area contributed by atoms with Gasteiger partial charge in [-0.3, -0.25) is 4.68 Å². The van der Waals surface area contributed by atoms with Crippen LogP contribution >= 0.6 is 0 Å². The van der Waals surface area contributed by atoms with E-state index in [1.807, 2.05) is 0 Å². The Hall–Kier alpha value is -2.05. The van der Waals surface area contributed by atoms with Crippen molar-refractivity contribution in [2.75, 3.05) is 0 Å². The molecule has 2 aromatic heterocycles. The number of alkyl halides is 6. The summed E-state index contributed by atoms with van der Waals surface area (Å²) in [5.41, 5.74) is -3.83. The van der Waals surface area contributed by atoms with E-state index >= 15 is 0 Å². The molecule has 2 rings (SSSR count). The minimum absolute atomic E-state index is 0.435. The highest BCUT2D eigenvalue weighted by atomic mass is 32.2. The van der Waals surface area contributed by atoms with E-state index in [0.717, 1.165) is 7.05 Å². The van der Waals surface area contributed by atoms with Crippen LogP contribution in [-0.4, -0.2) is 23.4 Å². The zero-order valence-electron chi connectivity index (χ0n) is 11.8. The van der Waals surface area contributed by atoms with Crippen molar-refractivity contribution in [3.63, 3.8) is 0 Å². The van der Waals surface area contributed by atoms with Gasteiger partial charge in [0.15, 0.2) is 15.5 Å². The number of aryl methyl sites for hydroxylation is 1. The quantitative estimate of drug-likeness (QED) is 0.766. The van der Waals surface area contributed by atoms with Crippen LogP contribution in [0, 0.1) is 0 Å². The summed E-state index contributed by atoms with van der Waals surface area (Å²) in [4.78, 5) is 0. The Labute approximate surface area is 131 Å². The van der Waals surface area contributed by atoms with Crippen LogP contribution in [0.5, 0.6) is 0 Å². The summed E-state index contributed by atoms with van der Waals surface area (Å²) in [6, 6.07) is 0.524. The number of hydrogen-bond acceptors (Lipinski definition) is 5. The predicted octanol–water partition coefficient (Wildman–Crippen LogP) is 2.56. The molecule has 2 aromatic rings. The zero-order chi connectivity index (χ0) is 18.3. The van der Waals surface area contributed by atoms with Crippen molar-refractivity contribution in [1.29, 1.82) is 0 Å². The molecule has 0 N–H and O–H groups in total. The molecular weight excluding hydrogens is 368 g/mol. The van der Waals surface area contributed by atoms with Gasteiger partial charge in [-0.25, -0.2) is 8.42 Å². The molecule has 0 saturated heterocycles. The van der Waals surface area contributed by atoms with Gasteiger partial charge < -0.3 is 4.52 Å². The maximum atomic E-state index is 12.6. The van der Waals surface area contributed by atoms with E-state index in [2.05, 4.69) is 14.8 Å². The molecule has 0 saturated carbocycles. The lowest BCUT2D eigenvalue weighted by molar-refractivity contribution is -0.144. The van der Waals surface area contributed by atoms with E-state index in [9.17, 15) is 34.8 Å². The highest BCUT2D eigenvalue weighted by Crippen LogP contribution is 2.32. The van der Waals surface area contributed by atoms with Crippen LogP contribution in [0.4, 0.5) is 26.3 Å².